The maximum absolute atomic E-state index is 14.0. The van der Waals surface area contributed by atoms with Crippen LogP contribution in [0.1, 0.15) is 35.1 Å². The van der Waals surface area contributed by atoms with E-state index in [1.165, 1.54) is 12.1 Å². The quantitative estimate of drug-likeness (QED) is 0.352. The summed E-state index contributed by atoms with van der Waals surface area (Å²) in [5, 5.41) is 3.07. The number of fused-ring (bicyclic) bond motifs is 1. The Hall–Kier alpha value is -4.54. The Morgan fingerprint density at radius 3 is 2.30 bits per heavy atom. The van der Waals surface area contributed by atoms with Crippen LogP contribution in [0.15, 0.2) is 91.0 Å². The van der Waals surface area contributed by atoms with Gasteiger partial charge in [0.05, 0.1) is 12.1 Å². The van der Waals surface area contributed by atoms with Crippen LogP contribution < -0.4 is 10.1 Å². The molecular weight excluding hydrogens is 469 g/mol. The molecule has 0 saturated carbocycles. The van der Waals surface area contributed by atoms with Crippen molar-refractivity contribution in [3.63, 3.8) is 0 Å². The molecule has 1 aliphatic rings. The van der Waals surface area contributed by atoms with E-state index in [1.807, 2.05) is 68.4 Å². The molecule has 1 amide bonds. The van der Waals surface area contributed by atoms with Crippen molar-refractivity contribution >= 4 is 17.7 Å². The van der Waals surface area contributed by atoms with E-state index in [1.54, 1.807) is 6.07 Å². The van der Waals surface area contributed by atoms with Gasteiger partial charge in [0.1, 0.15) is 17.7 Å². The number of rotatable bonds is 5. The van der Waals surface area contributed by atoms with Gasteiger partial charge in [-0.2, -0.15) is 9.59 Å². The third kappa shape index (κ3) is 6.00. The normalized spacial score (nSPS) is 15.4. The highest BCUT2D eigenvalue weighted by Crippen LogP contribution is 2.48. The molecule has 1 N–H and O–H groups in total. The standard InChI is InChI=1S/C30H26FNO2.CO2/c1-19-11-13-21(14-12-19)15-28(33)32-27-18-24(23-9-6-10-25(31)16-23)17-26-29(20(2)34-30(26)27)22-7-4-3-5-8-22;2-1-3/h3-14,16-18,20,29H,15H2,1-2H3,(H,32,33);/t20-,29+;/m1./s1. The first-order valence-electron chi connectivity index (χ1n) is 11.9. The number of nitrogens with one attached hydrogen (secondary N) is 1. The number of benzene rings is 4. The number of aryl methyl sites for hydroxylation is 1. The second kappa shape index (κ2) is 11.5. The minimum Gasteiger partial charge on any atom is -0.487 e. The van der Waals surface area contributed by atoms with Crippen LogP contribution in [-0.2, 0) is 20.8 Å². The second-order valence-corrected chi connectivity index (χ2v) is 8.96. The first-order chi connectivity index (χ1) is 17.9. The third-order valence-corrected chi connectivity index (χ3v) is 6.30. The molecular formula is C31H26FNO4. The predicted molar refractivity (Wildman–Crippen MR) is 139 cm³/mol. The molecule has 2 atom stereocenters. The Morgan fingerprint density at radius 1 is 0.919 bits per heavy atom. The Balaban J connectivity index is 0.00000102. The Bertz CT molecular complexity index is 1430. The second-order valence-electron chi connectivity index (χ2n) is 8.96. The zero-order chi connectivity index (χ0) is 26.4. The summed E-state index contributed by atoms with van der Waals surface area (Å²) in [4.78, 5) is 29.2. The van der Waals surface area contributed by atoms with Crippen LogP contribution in [0.5, 0.6) is 5.75 Å². The predicted octanol–water partition coefficient (Wildman–Crippen LogP) is 6.31. The first-order valence-corrected chi connectivity index (χ1v) is 11.9. The van der Waals surface area contributed by atoms with Gasteiger partial charge in [0.2, 0.25) is 5.91 Å². The fourth-order valence-corrected chi connectivity index (χ4v) is 4.64. The molecule has 4 aromatic carbocycles. The highest BCUT2D eigenvalue weighted by molar-refractivity contribution is 5.95. The van der Waals surface area contributed by atoms with E-state index in [4.69, 9.17) is 14.3 Å². The summed E-state index contributed by atoms with van der Waals surface area (Å²) >= 11 is 0. The van der Waals surface area contributed by atoms with Gasteiger partial charge in [-0.15, -0.1) is 0 Å². The number of halogens is 1. The lowest BCUT2D eigenvalue weighted by atomic mass is 9.87. The van der Waals surface area contributed by atoms with Crippen LogP contribution in [0.3, 0.4) is 0 Å². The highest BCUT2D eigenvalue weighted by Gasteiger charge is 2.35. The van der Waals surface area contributed by atoms with Gasteiger partial charge in [0.15, 0.2) is 0 Å². The van der Waals surface area contributed by atoms with E-state index in [-0.39, 0.29) is 36.3 Å². The fourth-order valence-electron chi connectivity index (χ4n) is 4.64. The average molecular weight is 496 g/mol. The fraction of sp³-hybridized carbons (Fsp3) is 0.161. The van der Waals surface area contributed by atoms with Crippen molar-refractivity contribution in [1.82, 2.24) is 0 Å². The molecule has 0 fully saturated rings. The van der Waals surface area contributed by atoms with Crippen molar-refractivity contribution in [2.45, 2.75) is 32.3 Å². The molecule has 5 nitrogen and oxygen atoms in total. The van der Waals surface area contributed by atoms with Crippen molar-refractivity contribution in [1.29, 1.82) is 0 Å². The topological polar surface area (TPSA) is 72.5 Å². The molecule has 0 radical (unpaired) electrons. The number of carbonyl (C=O) groups is 1. The van der Waals surface area contributed by atoms with Crippen LogP contribution >= 0.6 is 0 Å². The van der Waals surface area contributed by atoms with Crippen molar-refractivity contribution in [2.75, 3.05) is 5.32 Å². The lowest BCUT2D eigenvalue weighted by Crippen LogP contribution is -2.16. The molecule has 4 aromatic rings. The average Bonchev–Trinajstić information content (AvgIpc) is 3.22. The molecule has 0 saturated heterocycles. The molecule has 0 spiro atoms. The number of hydrogen-bond acceptors (Lipinski definition) is 4. The van der Waals surface area contributed by atoms with Gasteiger partial charge in [-0.3, -0.25) is 4.79 Å². The molecule has 0 aliphatic carbocycles. The first kappa shape index (κ1) is 25.5. The van der Waals surface area contributed by atoms with E-state index in [2.05, 4.69) is 23.5 Å². The molecule has 37 heavy (non-hydrogen) atoms. The molecule has 5 rings (SSSR count). The van der Waals surface area contributed by atoms with Gasteiger partial charge >= 0.3 is 6.15 Å². The number of anilines is 1. The van der Waals surface area contributed by atoms with E-state index in [0.717, 1.165) is 33.4 Å². The zero-order valence-corrected chi connectivity index (χ0v) is 20.5. The summed E-state index contributed by atoms with van der Waals surface area (Å²) in [6, 6.07) is 28.6. The maximum atomic E-state index is 14.0. The highest BCUT2D eigenvalue weighted by atomic mass is 19.1. The lowest BCUT2D eigenvalue weighted by molar-refractivity contribution is -0.191. The van der Waals surface area contributed by atoms with E-state index < -0.39 is 0 Å². The van der Waals surface area contributed by atoms with Crippen LogP contribution in [0.4, 0.5) is 10.1 Å². The molecule has 1 aliphatic heterocycles. The summed E-state index contributed by atoms with van der Waals surface area (Å²) < 4.78 is 20.3. The summed E-state index contributed by atoms with van der Waals surface area (Å²) in [6.45, 7) is 4.06. The minimum absolute atomic E-state index is 0.0115. The van der Waals surface area contributed by atoms with Crippen LogP contribution in [0, 0.1) is 12.7 Å². The Morgan fingerprint density at radius 2 is 1.62 bits per heavy atom. The molecule has 0 bridgehead atoms. The van der Waals surface area contributed by atoms with Gasteiger partial charge in [-0.05, 0) is 60.4 Å². The van der Waals surface area contributed by atoms with Gasteiger partial charge in [-0.25, -0.2) is 4.39 Å². The Labute approximate surface area is 214 Å². The van der Waals surface area contributed by atoms with Crippen molar-refractivity contribution in [3.8, 4) is 16.9 Å². The van der Waals surface area contributed by atoms with Gasteiger partial charge in [0, 0.05) is 11.5 Å². The number of ether oxygens (including phenoxy) is 1. The minimum atomic E-state index is -0.299. The van der Waals surface area contributed by atoms with Crippen LogP contribution in [0.2, 0.25) is 0 Å². The summed E-state index contributed by atoms with van der Waals surface area (Å²) in [6.07, 6.45) is 0.407. The number of carbonyl (C=O) groups excluding carboxylic acids is 3. The monoisotopic (exact) mass is 495 g/mol. The third-order valence-electron chi connectivity index (χ3n) is 6.30. The van der Waals surface area contributed by atoms with E-state index in [0.29, 0.717) is 11.4 Å². The largest absolute Gasteiger partial charge is 0.487 e. The SMILES string of the molecule is Cc1ccc(CC(=O)Nc2cc(-c3cccc(F)c3)cc3c2O[C@H](C)[C@H]3c2ccccc2)cc1.O=C=O. The van der Waals surface area contributed by atoms with Gasteiger partial charge in [-0.1, -0.05) is 72.3 Å². The van der Waals surface area contributed by atoms with Crippen molar-refractivity contribution < 1.29 is 23.5 Å². The van der Waals surface area contributed by atoms with Crippen molar-refractivity contribution in [3.05, 3.63) is 119 Å². The zero-order valence-electron chi connectivity index (χ0n) is 20.5. The molecule has 1 heterocycles. The van der Waals surface area contributed by atoms with E-state index in [9.17, 15) is 9.18 Å². The van der Waals surface area contributed by atoms with Crippen LogP contribution in [-0.4, -0.2) is 18.2 Å². The maximum Gasteiger partial charge on any atom is 0.373 e. The Kier molecular flexibility index (Phi) is 7.92. The molecule has 6 heteroatoms. The lowest BCUT2D eigenvalue weighted by Gasteiger charge is -2.16. The van der Waals surface area contributed by atoms with Gasteiger partial charge < -0.3 is 10.1 Å². The summed E-state index contributed by atoms with van der Waals surface area (Å²) in [7, 11) is 0. The van der Waals surface area contributed by atoms with E-state index >= 15 is 0 Å². The number of amides is 1. The molecule has 0 aromatic heterocycles. The van der Waals surface area contributed by atoms with Crippen molar-refractivity contribution in [2.24, 2.45) is 0 Å². The molecule has 0 unspecified atom stereocenters. The molecule has 186 valence electrons. The summed E-state index contributed by atoms with van der Waals surface area (Å²) in [5.74, 6) is 0.269. The number of hydrogen-bond donors (Lipinski definition) is 1. The summed E-state index contributed by atoms with van der Waals surface area (Å²) in [5.41, 5.74) is 6.43. The van der Waals surface area contributed by atoms with Gasteiger partial charge in [0.25, 0.3) is 0 Å². The smallest absolute Gasteiger partial charge is 0.373 e. The van der Waals surface area contributed by atoms with Crippen LogP contribution in [0.25, 0.3) is 11.1 Å².